The van der Waals surface area contributed by atoms with Crippen LogP contribution in [0.4, 0.5) is 4.79 Å². The number of hydrogen-bond acceptors (Lipinski definition) is 11. The van der Waals surface area contributed by atoms with E-state index >= 15 is 0 Å². The third-order valence-corrected chi connectivity index (χ3v) is 6.47. The zero-order valence-corrected chi connectivity index (χ0v) is 21.9. The van der Waals surface area contributed by atoms with Crippen LogP contribution < -0.4 is 10.1 Å². The lowest BCUT2D eigenvalue weighted by atomic mass is 9.79. The van der Waals surface area contributed by atoms with Gasteiger partial charge in [0.05, 0.1) is 25.1 Å². The molecule has 14 heteroatoms. The van der Waals surface area contributed by atoms with E-state index in [-0.39, 0.29) is 43.2 Å². The van der Waals surface area contributed by atoms with Crippen molar-refractivity contribution in [2.24, 2.45) is 5.41 Å². The predicted molar refractivity (Wildman–Crippen MR) is 128 cm³/mol. The van der Waals surface area contributed by atoms with Crippen molar-refractivity contribution in [1.29, 1.82) is 0 Å². The first-order valence-electron chi connectivity index (χ1n) is 11.4. The van der Waals surface area contributed by atoms with E-state index in [9.17, 15) is 37.8 Å². The normalized spacial score (nSPS) is 13.2. The molecule has 13 nitrogen and oxygen atoms in total. The number of nitrogens with one attached hydrogen (secondary N) is 1. The van der Waals surface area contributed by atoms with Gasteiger partial charge in [0.25, 0.3) is 10.1 Å². The third kappa shape index (κ3) is 10.7. The van der Waals surface area contributed by atoms with Gasteiger partial charge in [-0.2, -0.15) is 8.42 Å². The maximum Gasteiger partial charge on any atom is 0.513 e. The molecule has 0 saturated heterocycles. The number of ether oxygens (including phenoxy) is 3. The number of aliphatic hydroxyl groups is 1. The van der Waals surface area contributed by atoms with Gasteiger partial charge in [0.2, 0.25) is 5.91 Å². The number of benzene rings is 1. The number of hydrogen-bond donors (Lipinski definition) is 3. The molecule has 208 valence electrons. The van der Waals surface area contributed by atoms with Crippen molar-refractivity contribution in [2.45, 2.75) is 52.7 Å². The Labute approximate surface area is 215 Å². The van der Waals surface area contributed by atoms with Gasteiger partial charge >= 0.3 is 18.1 Å². The van der Waals surface area contributed by atoms with Crippen LogP contribution >= 0.6 is 0 Å². The average Bonchev–Trinajstić information content (AvgIpc) is 2.80. The van der Waals surface area contributed by atoms with Gasteiger partial charge in [0, 0.05) is 25.3 Å². The van der Waals surface area contributed by atoms with Crippen LogP contribution in [0.25, 0.3) is 0 Å². The van der Waals surface area contributed by atoms with E-state index in [4.69, 9.17) is 18.4 Å². The van der Waals surface area contributed by atoms with Gasteiger partial charge in [0.15, 0.2) is 6.10 Å². The molecule has 0 saturated carbocycles. The highest BCUT2D eigenvalue weighted by molar-refractivity contribution is 7.86. The minimum atomic E-state index is -4.22. The summed E-state index contributed by atoms with van der Waals surface area (Å²) in [6.45, 7) is 5.17. The minimum Gasteiger partial charge on any atom is -0.479 e. The maximum atomic E-state index is 12.5. The molecule has 0 aromatic heterocycles. The molecule has 0 aliphatic rings. The van der Waals surface area contributed by atoms with Gasteiger partial charge in [0.1, 0.15) is 11.3 Å². The summed E-state index contributed by atoms with van der Waals surface area (Å²) in [6, 6.07) is 5.79. The minimum absolute atomic E-state index is 0.0152. The molecule has 1 aromatic carbocycles. The first-order chi connectivity index (χ1) is 17.2. The molecule has 0 radical (unpaired) electrons. The number of carboxylic acid groups (broad SMARTS) is 1. The fraction of sp³-hybridized carbons (Fsp3) is 0.565. The fourth-order valence-electron chi connectivity index (χ4n) is 3.08. The van der Waals surface area contributed by atoms with Gasteiger partial charge in [-0.15, -0.1) is 0 Å². The van der Waals surface area contributed by atoms with Crippen LogP contribution in [-0.2, 0) is 33.4 Å². The zero-order valence-electron chi connectivity index (χ0n) is 21.1. The van der Waals surface area contributed by atoms with E-state index in [0.717, 1.165) is 0 Å². The number of aliphatic hydroxyl groups excluding tert-OH is 1. The molecule has 0 aliphatic heterocycles. The number of rotatable bonds is 15. The van der Waals surface area contributed by atoms with E-state index in [1.54, 1.807) is 13.0 Å². The number of aliphatic carboxylic acids is 1. The topological polar surface area (TPSA) is 192 Å². The summed E-state index contributed by atoms with van der Waals surface area (Å²) in [5.41, 5.74) is -1.64. The van der Waals surface area contributed by atoms with Gasteiger partial charge in [-0.25, -0.2) is 14.4 Å². The molecule has 1 rings (SSSR count). The summed E-state index contributed by atoms with van der Waals surface area (Å²) in [6.07, 6.45) is -4.93. The molecule has 37 heavy (non-hydrogen) atoms. The number of para-hydroxylation sites is 1. The van der Waals surface area contributed by atoms with Crippen LogP contribution in [-0.4, -0.2) is 80.4 Å². The Morgan fingerprint density at radius 3 is 2.35 bits per heavy atom. The molecule has 3 N–H and O–H groups in total. The van der Waals surface area contributed by atoms with E-state index in [1.807, 2.05) is 0 Å². The van der Waals surface area contributed by atoms with Crippen molar-refractivity contribution < 1.29 is 56.2 Å². The lowest BCUT2D eigenvalue weighted by molar-refractivity contribution is -0.158. The molecule has 0 heterocycles. The summed E-state index contributed by atoms with van der Waals surface area (Å²) < 4.78 is 45.1. The van der Waals surface area contributed by atoms with Gasteiger partial charge < -0.3 is 29.7 Å². The number of carbonyl (C=O) groups is 4. The first kappa shape index (κ1) is 31.8. The van der Waals surface area contributed by atoms with Crippen LogP contribution in [0.15, 0.2) is 24.3 Å². The third-order valence-electron chi connectivity index (χ3n) is 5.15. The Kier molecular flexibility index (Phi) is 12.5. The first-order valence-corrected chi connectivity index (χ1v) is 13.0. The van der Waals surface area contributed by atoms with Crippen molar-refractivity contribution in [3.05, 3.63) is 29.8 Å². The second-order valence-electron chi connectivity index (χ2n) is 8.45. The van der Waals surface area contributed by atoms with Crippen molar-refractivity contribution in [3.8, 4) is 5.75 Å². The smallest absolute Gasteiger partial charge is 0.479 e. The Hall–Kier alpha value is -3.23. The summed E-state index contributed by atoms with van der Waals surface area (Å²) in [4.78, 5) is 46.5. The molecule has 2 atom stereocenters. The molecule has 0 bridgehead atoms. The molecular formula is C23H33NO12S. The van der Waals surface area contributed by atoms with Gasteiger partial charge in [-0.1, -0.05) is 26.0 Å². The highest BCUT2D eigenvalue weighted by Gasteiger charge is 2.43. The lowest BCUT2D eigenvalue weighted by Gasteiger charge is -2.35. The van der Waals surface area contributed by atoms with Crippen LogP contribution in [0.1, 0.15) is 50.9 Å². The Balaban J connectivity index is 2.89. The monoisotopic (exact) mass is 547 g/mol. The number of esters is 1. The van der Waals surface area contributed by atoms with Gasteiger partial charge in [-0.3, -0.25) is 8.98 Å². The van der Waals surface area contributed by atoms with Crippen molar-refractivity contribution in [2.75, 3.05) is 25.5 Å². The maximum absolute atomic E-state index is 12.5. The van der Waals surface area contributed by atoms with Crippen LogP contribution in [0, 0.1) is 5.41 Å². The number of amides is 1. The second-order valence-corrected chi connectivity index (χ2v) is 10.2. The number of carbonyl (C=O) groups excluding carboxylic acids is 3. The highest BCUT2D eigenvalue weighted by Crippen LogP contribution is 2.32. The van der Waals surface area contributed by atoms with Crippen LogP contribution in [0.3, 0.4) is 0 Å². The lowest BCUT2D eigenvalue weighted by Crippen LogP contribution is -2.47. The Bertz CT molecular complexity index is 1050. The molecule has 0 spiro atoms. The molecule has 1 amide bonds. The van der Waals surface area contributed by atoms with E-state index in [0.29, 0.717) is 0 Å². The molecular weight excluding hydrogens is 514 g/mol. The highest BCUT2D eigenvalue weighted by atomic mass is 32.2. The van der Waals surface area contributed by atoms with Crippen LogP contribution in [0.2, 0.25) is 0 Å². The molecule has 0 aliphatic carbocycles. The SMILES string of the molecule is CCOC(=O)c1ccccc1OC(=O)OCCC(OS(=O)(=O)CCCNC(C)=O)C(C)(C)[C@@H](O)C(=O)O. The summed E-state index contributed by atoms with van der Waals surface area (Å²) in [7, 11) is -4.22. The Morgan fingerprint density at radius 1 is 1.11 bits per heavy atom. The zero-order chi connectivity index (χ0) is 28.2. The summed E-state index contributed by atoms with van der Waals surface area (Å²) >= 11 is 0. The number of carboxylic acids is 1. The van der Waals surface area contributed by atoms with E-state index < -0.39 is 58.2 Å². The second kappa shape index (κ2) is 14.5. The van der Waals surface area contributed by atoms with E-state index in [2.05, 4.69) is 5.32 Å². The summed E-state index contributed by atoms with van der Waals surface area (Å²) in [5.74, 6) is -3.26. The fourth-order valence-corrected chi connectivity index (χ4v) is 4.37. The summed E-state index contributed by atoms with van der Waals surface area (Å²) in [5, 5.41) is 21.8. The molecule has 1 aromatic rings. The average molecular weight is 548 g/mol. The van der Waals surface area contributed by atoms with Crippen molar-refractivity contribution >= 4 is 34.1 Å². The van der Waals surface area contributed by atoms with Crippen molar-refractivity contribution in [3.63, 3.8) is 0 Å². The standard InChI is InChI=1S/C23H33NO12S/c1-5-33-21(29)16-9-6-7-10-17(16)35-22(30)34-13-11-18(23(3,4)19(26)20(27)28)36-37(31,32)14-8-12-24-15(2)25/h6-7,9-10,18-19,26H,5,8,11-14H2,1-4H3,(H,24,25)(H,27,28)/t18?,19-/m0/s1. The van der Waals surface area contributed by atoms with Crippen LogP contribution in [0.5, 0.6) is 5.75 Å². The molecule has 1 unspecified atom stereocenters. The largest absolute Gasteiger partial charge is 0.513 e. The van der Waals surface area contributed by atoms with E-state index in [1.165, 1.54) is 39.0 Å². The van der Waals surface area contributed by atoms with Crippen molar-refractivity contribution in [1.82, 2.24) is 5.32 Å². The van der Waals surface area contributed by atoms with Gasteiger partial charge in [-0.05, 0) is 25.5 Å². The molecule has 0 fully saturated rings. The quantitative estimate of drug-likeness (QED) is 0.124. The predicted octanol–water partition coefficient (Wildman–Crippen LogP) is 1.48. The Morgan fingerprint density at radius 2 is 1.76 bits per heavy atom.